The van der Waals surface area contributed by atoms with E-state index >= 15 is 0 Å². The maximum Gasteiger partial charge on any atom is 0.0444 e. The van der Waals surface area contributed by atoms with Crippen LogP contribution in [0.1, 0.15) is 63.3 Å². The van der Waals surface area contributed by atoms with Crippen molar-refractivity contribution < 1.29 is 0 Å². The number of hydrogen-bond donors (Lipinski definition) is 1. The van der Waals surface area contributed by atoms with Crippen LogP contribution < -0.4 is 10.7 Å². The van der Waals surface area contributed by atoms with Crippen molar-refractivity contribution in [2.45, 2.75) is 70.5 Å². The highest BCUT2D eigenvalue weighted by Crippen LogP contribution is 2.31. The monoisotopic (exact) mass is 247 g/mol. The van der Waals surface area contributed by atoms with Crippen LogP contribution in [0.15, 0.2) is 12.3 Å². The molecule has 1 saturated heterocycles. The minimum absolute atomic E-state index is 0.255. The summed E-state index contributed by atoms with van der Waals surface area (Å²) in [5.74, 6) is 0. The fourth-order valence-corrected chi connectivity index (χ4v) is 3.76. The second kappa shape index (κ2) is 4.61. The predicted molar refractivity (Wildman–Crippen MR) is 75.3 cm³/mol. The summed E-state index contributed by atoms with van der Waals surface area (Å²) in [6.07, 6.45) is 9.78. The van der Waals surface area contributed by atoms with E-state index in [0.29, 0.717) is 12.1 Å². The van der Waals surface area contributed by atoms with E-state index in [-0.39, 0.29) is 6.04 Å². The summed E-state index contributed by atoms with van der Waals surface area (Å²) in [5.41, 5.74) is 9.07. The van der Waals surface area contributed by atoms with E-state index < -0.39 is 0 Å². The van der Waals surface area contributed by atoms with E-state index in [9.17, 15) is 0 Å². The van der Waals surface area contributed by atoms with E-state index in [1.807, 2.05) is 0 Å². The SMILES string of the molecule is CC1CCCC(C)N1n1ccc2c1CCCC2N. The maximum atomic E-state index is 6.23. The molecule has 1 aromatic rings. The quantitative estimate of drug-likeness (QED) is 0.828. The minimum atomic E-state index is 0.255. The van der Waals surface area contributed by atoms with Gasteiger partial charge in [0.1, 0.15) is 0 Å². The molecule has 3 rings (SSSR count). The summed E-state index contributed by atoms with van der Waals surface area (Å²) in [5, 5.41) is 2.57. The van der Waals surface area contributed by atoms with Crippen molar-refractivity contribution in [3.05, 3.63) is 23.5 Å². The summed E-state index contributed by atoms with van der Waals surface area (Å²) < 4.78 is 2.42. The van der Waals surface area contributed by atoms with Gasteiger partial charge in [0.2, 0.25) is 0 Å². The third-order valence-electron chi connectivity index (χ3n) is 4.73. The summed E-state index contributed by atoms with van der Waals surface area (Å²) in [6, 6.07) is 3.78. The van der Waals surface area contributed by atoms with Crippen molar-refractivity contribution in [2.75, 3.05) is 5.01 Å². The molecule has 1 fully saturated rings. The molecule has 0 radical (unpaired) electrons. The summed E-state index contributed by atoms with van der Waals surface area (Å²) >= 11 is 0. The molecule has 1 aliphatic carbocycles. The lowest BCUT2D eigenvalue weighted by Crippen LogP contribution is -2.51. The molecule has 18 heavy (non-hydrogen) atoms. The highest BCUT2D eigenvalue weighted by molar-refractivity contribution is 5.30. The van der Waals surface area contributed by atoms with Crippen LogP contribution >= 0.6 is 0 Å². The van der Waals surface area contributed by atoms with Crippen LogP contribution in [0.25, 0.3) is 0 Å². The molecular formula is C15H25N3. The van der Waals surface area contributed by atoms with Gasteiger partial charge in [-0.1, -0.05) is 0 Å². The van der Waals surface area contributed by atoms with Crippen LogP contribution in [0.4, 0.5) is 0 Å². The number of aromatic nitrogens is 1. The number of rotatable bonds is 1. The third kappa shape index (κ3) is 1.85. The molecule has 3 heteroatoms. The second-order valence-electron chi connectivity index (χ2n) is 6.07. The van der Waals surface area contributed by atoms with Crippen LogP contribution in [0.3, 0.4) is 0 Å². The largest absolute Gasteiger partial charge is 0.324 e. The lowest BCUT2D eigenvalue weighted by molar-refractivity contribution is 0.329. The molecule has 2 heterocycles. The lowest BCUT2D eigenvalue weighted by atomic mass is 9.93. The third-order valence-corrected chi connectivity index (χ3v) is 4.73. The fraction of sp³-hybridized carbons (Fsp3) is 0.733. The van der Waals surface area contributed by atoms with Gasteiger partial charge in [-0.3, -0.25) is 4.68 Å². The van der Waals surface area contributed by atoms with Crippen LogP contribution in [-0.4, -0.2) is 16.8 Å². The first-order valence-corrected chi connectivity index (χ1v) is 7.43. The molecule has 1 aromatic heterocycles. The Hall–Kier alpha value is -0.960. The fourth-order valence-electron chi connectivity index (χ4n) is 3.76. The molecular weight excluding hydrogens is 222 g/mol. The Morgan fingerprint density at radius 3 is 2.56 bits per heavy atom. The molecule has 1 aliphatic heterocycles. The van der Waals surface area contributed by atoms with Gasteiger partial charge in [-0.2, -0.15) is 0 Å². The Balaban J connectivity index is 1.96. The molecule has 3 nitrogen and oxygen atoms in total. The average Bonchev–Trinajstić information content (AvgIpc) is 2.75. The van der Waals surface area contributed by atoms with Gasteiger partial charge in [0.15, 0.2) is 0 Å². The number of piperidine rings is 1. The van der Waals surface area contributed by atoms with E-state index in [1.165, 1.54) is 43.4 Å². The topological polar surface area (TPSA) is 34.2 Å². The van der Waals surface area contributed by atoms with Gasteiger partial charge in [-0.25, -0.2) is 0 Å². The standard InChI is InChI=1S/C15H25N3/c1-11-5-3-6-12(2)18(11)17-10-9-13-14(16)7-4-8-15(13)17/h9-12,14H,3-8,16H2,1-2H3. The first-order valence-electron chi connectivity index (χ1n) is 7.43. The molecule has 0 saturated carbocycles. The van der Waals surface area contributed by atoms with E-state index in [2.05, 4.69) is 35.8 Å². The van der Waals surface area contributed by atoms with Crippen LogP contribution in [0.5, 0.6) is 0 Å². The van der Waals surface area contributed by atoms with Crippen molar-refractivity contribution >= 4 is 0 Å². The van der Waals surface area contributed by atoms with E-state index in [0.717, 1.165) is 6.42 Å². The normalized spacial score (nSPS) is 32.4. The van der Waals surface area contributed by atoms with Gasteiger partial charge in [-0.05, 0) is 64.0 Å². The molecule has 0 spiro atoms. The van der Waals surface area contributed by atoms with Crippen LogP contribution in [-0.2, 0) is 6.42 Å². The zero-order chi connectivity index (χ0) is 12.7. The molecule has 2 aliphatic rings. The molecule has 100 valence electrons. The number of nitrogens with zero attached hydrogens (tertiary/aromatic N) is 2. The highest BCUT2D eigenvalue weighted by atomic mass is 15.6. The number of hydrogen-bond acceptors (Lipinski definition) is 2. The Morgan fingerprint density at radius 1 is 1.11 bits per heavy atom. The van der Waals surface area contributed by atoms with Crippen LogP contribution in [0, 0.1) is 0 Å². The maximum absolute atomic E-state index is 6.23. The number of fused-ring (bicyclic) bond motifs is 1. The van der Waals surface area contributed by atoms with Crippen molar-refractivity contribution in [3.63, 3.8) is 0 Å². The van der Waals surface area contributed by atoms with E-state index in [4.69, 9.17) is 5.73 Å². The smallest absolute Gasteiger partial charge is 0.0444 e. The van der Waals surface area contributed by atoms with Crippen molar-refractivity contribution in [2.24, 2.45) is 5.73 Å². The zero-order valence-corrected chi connectivity index (χ0v) is 11.6. The molecule has 2 N–H and O–H groups in total. The van der Waals surface area contributed by atoms with Gasteiger partial charge in [-0.15, -0.1) is 0 Å². The van der Waals surface area contributed by atoms with Gasteiger partial charge in [0.25, 0.3) is 0 Å². The Kier molecular flexibility index (Phi) is 3.10. The van der Waals surface area contributed by atoms with Crippen LogP contribution in [0.2, 0.25) is 0 Å². The van der Waals surface area contributed by atoms with Crippen molar-refractivity contribution in [1.29, 1.82) is 0 Å². The summed E-state index contributed by atoms with van der Waals surface area (Å²) in [7, 11) is 0. The van der Waals surface area contributed by atoms with Gasteiger partial charge < -0.3 is 10.7 Å². The van der Waals surface area contributed by atoms with E-state index in [1.54, 1.807) is 0 Å². The van der Waals surface area contributed by atoms with Gasteiger partial charge >= 0.3 is 0 Å². The van der Waals surface area contributed by atoms with Gasteiger partial charge in [0.05, 0.1) is 0 Å². The Bertz CT molecular complexity index is 413. The first kappa shape index (κ1) is 12.1. The molecule has 3 atom stereocenters. The lowest BCUT2D eigenvalue weighted by Gasteiger charge is -2.43. The summed E-state index contributed by atoms with van der Waals surface area (Å²) in [4.78, 5) is 0. The Morgan fingerprint density at radius 2 is 1.83 bits per heavy atom. The van der Waals surface area contributed by atoms with Gasteiger partial charge in [0, 0.05) is 30.0 Å². The molecule has 3 unspecified atom stereocenters. The van der Waals surface area contributed by atoms with Crippen molar-refractivity contribution in [3.8, 4) is 0 Å². The van der Waals surface area contributed by atoms with Crippen molar-refractivity contribution in [1.82, 2.24) is 4.68 Å². The molecule has 0 amide bonds. The average molecular weight is 247 g/mol. The zero-order valence-electron chi connectivity index (χ0n) is 11.6. The number of nitrogens with two attached hydrogens (primary N) is 1. The second-order valence-corrected chi connectivity index (χ2v) is 6.07. The predicted octanol–water partition coefficient (Wildman–Crippen LogP) is 2.72. The Labute approximate surface area is 110 Å². The first-order chi connectivity index (χ1) is 8.68. The molecule has 0 bridgehead atoms. The molecule has 0 aromatic carbocycles. The highest BCUT2D eigenvalue weighted by Gasteiger charge is 2.29. The minimum Gasteiger partial charge on any atom is -0.324 e. The summed E-state index contributed by atoms with van der Waals surface area (Å²) in [6.45, 7) is 4.70.